The van der Waals surface area contributed by atoms with Crippen LogP contribution in [0.15, 0.2) is 30.3 Å². The number of aliphatic hydroxyl groups is 1. The van der Waals surface area contributed by atoms with Crippen LogP contribution in [0.1, 0.15) is 22.8 Å². The Kier molecular flexibility index (Phi) is 4.09. The molecule has 0 bridgehead atoms. The van der Waals surface area contributed by atoms with E-state index in [4.69, 9.17) is 0 Å². The van der Waals surface area contributed by atoms with Gasteiger partial charge in [-0.2, -0.15) is 0 Å². The Bertz CT molecular complexity index is 640. The number of aliphatic hydroxyl groups excluding tert-OH is 1. The van der Waals surface area contributed by atoms with Crippen LogP contribution in [-0.4, -0.2) is 5.11 Å². The van der Waals surface area contributed by atoms with Gasteiger partial charge in [-0.05, 0) is 36.2 Å². The van der Waals surface area contributed by atoms with Crippen molar-refractivity contribution in [2.75, 3.05) is 0 Å². The van der Waals surface area contributed by atoms with Crippen LogP contribution >= 0.6 is 0 Å². The zero-order chi connectivity index (χ0) is 14.9. The van der Waals surface area contributed by atoms with Gasteiger partial charge in [-0.3, -0.25) is 0 Å². The Balaban J connectivity index is 2.28. The average Bonchev–Trinajstić information content (AvgIpc) is 2.37. The second-order valence-corrected chi connectivity index (χ2v) is 4.58. The molecule has 2 rings (SSSR count). The van der Waals surface area contributed by atoms with Crippen molar-refractivity contribution in [3.05, 3.63) is 70.3 Å². The average molecular weight is 284 g/mol. The van der Waals surface area contributed by atoms with Gasteiger partial charge in [0.15, 0.2) is 0 Å². The van der Waals surface area contributed by atoms with Crippen LogP contribution in [0.3, 0.4) is 0 Å². The summed E-state index contributed by atoms with van der Waals surface area (Å²) in [7, 11) is 0. The van der Waals surface area contributed by atoms with Crippen molar-refractivity contribution < 1.29 is 22.7 Å². The summed E-state index contributed by atoms with van der Waals surface area (Å²) in [6.45, 7) is 1.40. The lowest BCUT2D eigenvalue weighted by Crippen LogP contribution is -2.07. The molecule has 0 spiro atoms. The van der Waals surface area contributed by atoms with Crippen molar-refractivity contribution in [3.8, 4) is 0 Å². The molecule has 20 heavy (non-hydrogen) atoms. The summed E-state index contributed by atoms with van der Waals surface area (Å²) in [5.41, 5.74) is -0.109. The van der Waals surface area contributed by atoms with E-state index in [1.165, 1.54) is 6.92 Å². The predicted molar refractivity (Wildman–Crippen MR) is 66.1 cm³/mol. The van der Waals surface area contributed by atoms with Crippen molar-refractivity contribution in [1.29, 1.82) is 0 Å². The summed E-state index contributed by atoms with van der Waals surface area (Å²) < 4.78 is 53.3. The molecule has 2 aromatic carbocycles. The third-order valence-corrected chi connectivity index (χ3v) is 3.07. The monoisotopic (exact) mass is 284 g/mol. The normalized spacial score (nSPS) is 12.5. The molecule has 0 radical (unpaired) electrons. The Morgan fingerprint density at radius 3 is 2.30 bits per heavy atom. The number of aryl methyl sites for hydroxylation is 1. The summed E-state index contributed by atoms with van der Waals surface area (Å²) in [5, 5.41) is 9.90. The molecule has 0 aliphatic carbocycles. The molecule has 0 saturated carbocycles. The van der Waals surface area contributed by atoms with Gasteiger partial charge in [-0.15, -0.1) is 0 Å². The largest absolute Gasteiger partial charge is 0.388 e. The molecule has 106 valence electrons. The van der Waals surface area contributed by atoms with Crippen LogP contribution in [0.5, 0.6) is 0 Å². The second kappa shape index (κ2) is 5.63. The molecular formula is C15H12F4O. The van der Waals surface area contributed by atoms with E-state index < -0.39 is 29.4 Å². The molecule has 0 aliphatic heterocycles. The first-order valence-corrected chi connectivity index (χ1v) is 5.96. The highest BCUT2D eigenvalue weighted by molar-refractivity contribution is 5.29. The Morgan fingerprint density at radius 1 is 0.950 bits per heavy atom. The van der Waals surface area contributed by atoms with Gasteiger partial charge in [0.1, 0.15) is 23.3 Å². The number of benzene rings is 2. The number of hydrogen-bond donors (Lipinski definition) is 1. The van der Waals surface area contributed by atoms with Gasteiger partial charge in [-0.1, -0.05) is 6.07 Å². The van der Waals surface area contributed by atoms with E-state index in [1.807, 2.05) is 0 Å². The fourth-order valence-corrected chi connectivity index (χ4v) is 1.92. The molecule has 2 aromatic rings. The molecule has 1 unspecified atom stereocenters. The summed E-state index contributed by atoms with van der Waals surface area (Å²) in [6.07, 6.45) is -1.68. The van der Waals surface area contributed by atoms with Crippen LogP contribution in [0.2, 0.25) is 0 Å². The van der Waals surface area contributed by atoms with Gasteiger partial charge >= 0.3 is 0 Å². The van der Waals surface area contributed by atoms with E-state index in [-0.39, 0.29) is 23.1 Å². The van der Waals surface area contributed by atoms with Crippen LogP contribution < -0.4 is 0 Å². The van der Waals surface area contributed by atoms with Gasteiger partial charge < -0.3 is 5.11 Å². The van der Waals surface area contributed by atoms with E-state index in [0.29, 0.717) is 6.07 Å². The minimum atomic E-state index is -1.41. The van der Waals surface area contributed by atoms with Crippen LogP contribution in [0, 0.1) is 30.2 Å². The molecule has 0 aromatic heterocycles. The second-order valence-electron chi connectivity index (χ2n) is 4.58. The Labute approximate surface area is 113 Å². The first-order chi connectivity index (χ1) is 9.38. The zero-order valence-corrected chi connectivity index (χ0v) is 10.6. The molecule has 1 nitrogen and oxygen atoms in total. The standard InChI is InChI=1S/C15H12F4O/c1-8-4-14(19)11(7-12(8)17)15(20)5-9-2-3-10(16)6-13(9)18/h2-4,6-7,15,20H,5H2,1H3. The molecule has 0 fully saturated rings. The quantitative estimate of drug-likeness (QED) is 0.849. The first-order valence-electron chi connectivity index (χ1n) is 5.96. The SMILES string of the molecule is Cc1cc(F)c(C(O)Cc2ccc(F)cc2F)cc1F. The maximum atomic E-state index is 13.7. The third-order valence-electron chi connectivity index (χ3n) is 3.07. The van der Waals surface area contributed by atoms with Gasteiger partial charge in [0.2, 0.25) is 0 Å². The van der Waals surface area contributed by atoms with E-state index >= 15 is 0 Å². The van der Waals surface area contributed by atoms with E-state index in [2.05, 4.69) is 0 Å². The molecule has 5 heteroatoms. The summed E-state index contributed by atoms with van der Waals surface area (Å²) in [6, 6.07) is 4.73. The van der Waals surface area contributed by atoms with Gasteiger partial charge in [0.05, 0.1) is 6.10 Å². The lowest BCUT2D eigenvalue weighted by Gasteiger charge is -2.13. The van der Waals surface area contributed by atoms with E-state index in [1.54, 1.807) is 0 Å². The molecule has 0 heterocycles. The Morgan fingerprint density at radius 2 is 1.65 bits per heavy atom. The van der Waals surface area contributed by atoms with Crippen LogP contribution in [0.25, 0.3) is 0 Å². The summed E-state index contributed by atoms with van der Waals surface area (Å²) in [5.74, 6) is -3.00. The fourth-order valence-electron chi connectivity index (χ4n) is 1.92. The Hall–Kier alpha value is -1.88. The van der Waals surface area contributed by atoms with Crippen molar-refractivity contribution in [3.63, 3.8) is 0 Å². The highest BCUT2D eigenvalue weighted by Gasteiger charge is 2.17. The molecule has 0 aliphatic rings. The fraction of sp³-hybridized carbons (Fsp3) is 0.200. The van der Waals surface area contributed by atoms with Gasteiger partial charge in [0, 0.05) is 18.1 Å². The minimum absolute atomic E-state index is 0.0271. The molecule has 0 saturated heterocycles. The zero-order valence-electron chi connectivity index (χ0n) is 10.6. The van der Waals surface area contributed by atoms with Crippen molar-refractivity contribution in [1.82, 2.24) is 0 Å². The highest BCUT2D eigenvalue weighted by atomic mass is 19.1. The third kappa shape index (κ3) is 2.99. The maximum absolute atomic E-state index is 13.7. The molecule has 1 N–H and O–H groups in total. The minimum Gasteiger partial charge on any atom is -0.388 e. The first kappa shape index (κ1) is 14.5. The summed E-state index contributed by atoms with van der Waals surface area (Å²) in [4.78, 5) is 0. The maximum Gasteiger partial charge on any atom is 0.129 e. The number of halogens is 4. The predicted octanol–water partition coefficient (Wildman–Crippen LogP) is 3.83. The van der Waals surface area contributed by atoms with E-state index in [0.717, 1.165) is 24.3 Å². The van der Waals surface area contributed by atoms with Crippen LogP contribution in [0.4, 0.5) is 17.6 Å². The summed E-state index contributed by atoms with van der Waals surface area (Å²) >= 11 is 0. The van der Waals surface area contributed by atoms with Gasteiger partial charge in [-0.25, -0.2) is 17.6 Å². The highest BCUT2D eigenvalue weighted by Crippen LogP contribution is 2.25. The van der Waals surface area contributed by atoms with Crippen LogP contribution in [-0.2, 0) is 6.42 Å². The molecular weight excluding hydrogens is 272 g/mol. The lowest BCUT2D eigenvalue weighted by molar-refractivity contribution is 0.171. The van der Waals surface area contributed by atoms with Gasteiger partial charge in [0.25, 0.3) is 0 Å². The van der Waals surface area contributed by atoms with Crippen molar-refractivity contribution in [2.24, 2.45) is 0 Å². The number of rotatable bonds is 3. The van der Waals surface area contributed by atoms with Crippen molar-refractivity contribution in [2.45, 2.75) is 19.4 Å². The lowest BCUT2D eigenvalue weighted by atomic mass is 9.99. The van der Waals surface area contributed by atoms with Crippen molar-refractivity contribution >= 4 is 0 Å². The smallest absolute Gasteiger partial charge is 0.129 e. The van der Waals surface area contributed by atoms with E-state index in [9.17, 15) is 22.7 Å². The topological polar surface area (TPSA) is 20.2 Å². The number of hydrogen-bond acceptors (Lipinski definition) is 1. The molecule has 0 amide bonds. The molecule has 1 atom stereocenters.